The highest BCUT2D eigenvalue weighted by atomic mass is 16.6. The normalized spacial score (nSPS) is 12.5. The summed E-state index contributed by atoms with van der Waals surface area (Å²) in [7, 11) is 0. The van der Waals surface area contributed by atoms with Crippen LogP contribution in [0.2, 0.25) is 0 Å². The number of para-hydroxylation sites is 1. The fourth-order valence-electron chi connectivity index (χ4n) is 3.78. The summed E-state index contributed by atoms with van der Waals surface area (Å²) in [5.74, 6) is 0.397. The third kappa shape index (κ3) is 3.83. The molecule has 6 nitrogen and oxygen atoms in total. The maximum Gasteiger partial charge on any atom is 0.417 e. The topological polar surface area (TPSA) is 71.5 Å². The second-order valence-electron chi connectivity index (χ2n) is 7.29. The van der Waals surface area contributed by atoms with Gasteiger partial charge in [0, 0.05) is 23.2 Å². The molecule has 152 valence electrons. The predicted octanol–water partition coefficient (Wildman–Crippen LogP) is 5.05. The van der Waals surface area contributed by atoms with Gasteiger partial charge in [-0.1, -0.05) is 36.4 Å². The molecule has 0 fully saturated rings. The molecule has 0 unspecified atom stereocenters. The molecule has 0 radical (unpaired) electrons. The van der Waals surface area contributed by atoms with Crippen molar-refractivity contribution in [3.63, 3.8) is 0 Å². The van der Waals surface area contributed by atoms with Crippen LogP contribution in [0.25, 0.3) is 10.9 Å². The number of amides is 2. The number of rotatable bonds is 3. The molecule has 4 aromatic rings. The lowest BCUT2D eigenvalue weighted by Crippen LogP contribution is -2.28. The summed E-state index contributed by atoms with van der Waals surface area (Å²) in [5.41, 5.74) is 3.89. The van der Waals surface area contributed by atoms with Gasteiger partial charge in [-0.05, 0) is 54.4 Å². The van der Waals surface area contributed by atoms with Crippen LogP contribution in [-0.2, 0) is 6.42 Å². The molecule has 0 aliphatic carbocycles. The van der Waals surface area contributed by atoms with Crippen LogP contribution < -0.4 is 15.0 Å². The number of carbonyl (C=O) groups is 2. The van der Waals surface area contributed by atoms with Crippen molar-refractivity contribution in [2.24, 2.45) is 0 Å². The van der Waals surface area contributed by atoms with E-state index in [0.717, 1.165) is 22.2 Å². The number of aromatic nitrogens is 1. The highest BCUT2D eigenvalue weighted by Crippen LogP contribution is 2.32. The molecule has 0 atom stereocenters. The molecule has 0 bridgehead atoms. The zero-order valence-corrected chi connectivity index (χ0v) is 16.6. The first kappa shape index (κ1) is 18.8. The van der Waals surface area contributed by atoms with E-state index in [1.165, 1.54) is 0 Å². The van der Waals surface area contributed by atoms with E-state index in [1.807, 2.05) is 72.8 Å². The van der Waals surface area contributed by atoms with E-state index in [9.17, 15) is 9.59 Å². The number of benzene rings is 3. The van der Waals surface area contributed by atoms with Gasteiger partial charge in [-0.25, -0.2) is 4.79 Å². The highest BCUT2D eigenvalue weighted by molar-refractivity contribution is 6.07. The van der Waals surface area contributed by atoms with Crippen LogP contribution >= 0.6 is 0 Å². The molecule has 5 rings (SSSR count). The molecule has 3 aromatic carbocycles. The van der Waals surface area contributed by atoms with Crippen LogP contribution in [0.1, 0.15) is 15.9 Å². The van der Waals surface area contributed by atoms with E-state index in [0.29, 0.717) is 30.0 Å². The van der Waals surface area contributed by atoms with Gasteiger partial charge in [-0.2, -0.15) is 0 Å². The minimum Gasteiger partial charge on any atom is -0.410 e. The third-order valence-electron chi connectivity index (χ3n) is 5.26. The minimum absolute atomic E-state index is 0.0328. The molecule has 0 saturated heterocycles. The Balaban J connectivity index is 1.28. The van der Waals surface area contributed by atoms with E-state index in [4.69, 9.17) is 4.74 Å². The van der Waals surface area contributed by atoms with Gasteiger partial charge in [-0.15, -0.1) is 0 Å². The second-order valence-corrected chi connectivity index (χ2v) is 7.29. The molecule has 1 aliphatic heterocycles. The molecule has 0 saturated carbocycles. The van der Waals surface area contributed by atoms with Crippen molar-refractivity contribution in [1.29, 1.82) is 0 Å². The second kappa shape index (κ2) is 7.91. The summed E-state index contributed by atoms with van der Waals surface area (Å²) >= 11 is 0. The van der Waals surface area contributed by atoms with Gasteiger partial charge < -0.3 is 9.64 Å². The Labute approximate surface area is 179 Å². The molecule has 0 spiro atoms. The molecule has 2 heterocycles. The van der Waals surface area contributed by atoms with Crippen molar-refractivity contribution in [3.05, 3.63) is 96.2 Å². The zero-order chi connectivity index (χ0) is 21.2. The van der Waals surface area contributed by atoms with Crippen LogP contribution in [0.15, 0.2) is 85.1 Å². The van der Waals surface area contributed by atoms with E-state index in [1.54, 1.807) is 17.2 Å². The molecule has 31 heavy (non-hydrogen) atoms. The van der Waals surface area contributed by atoms with E-state index >= 15 is 0 Å². The fraction of sp³-hybridized carbons (Fsp3) is 0.0800. The third-order valence-corrected chi connectivity index (χ3v) is 5.26. The van der Waals surface area contributed by atoms with Gasteiger partial charge >= 0.3 is 6.09 Å². The summed E-state index contributed by atoms with van der Waals surface area (Å²) < 4.78 is 5.45. The van der Waals surface area contributed by atoms with Crippen LogP contribution in [0, 0.1) is 0 Å². The first-order valence-corrected chi connectivity index (χ1v) is 10.0. The van der Waals surface area contributed by atoms with Crippen molar-refractivity contribution in [2.45, 2.75) is 6.42 Å². The number of hydrogen-bond donors (Lipinski definition) is 1. The number of anilines is 2. The zero-order valence-electron chi connectivity index (χ0n) is 16.6. The predicted molar refractivity (Wildman–Crippen MR) is 120 cm³/mol. The van der Waals surface area contributed by atoms with Gasteiger partial charge in [0.25, 0.3) is 5.91 Å². The molecule has 1 N–H and O–H groups in total. The van der Waals surface area contributed by atoms with Crippen LogP contribution in [0.4, 0.5) is 16.2 Å². The van der Waals surface area contributed by atoms with Gasteiger partial charge in [0.2, 0.25) is 0 Å². The summed E-state index contributed by atoms with van der Waals surface area (Å²) in [6.45, 7) is 0.599. The van der Waals surface area contributed by atoms with Crippen molar-refractivity contribution in [3.8, 4) is 5.75 Å². The Kier molecular flexibility index (Phi) is 4.80. The van der Waals surface area contributed by atoms with Crippen LogP contribution in [0.5, 0.6) is 5.75 Å². The SMILES string of the molecule is O=C(Nc1cnc2ccccc2c1)Oc1ccc2c(c1)CCN2C(=O)c1ccccc1. The quantitative estimate of drug-likeness (QED) is 0.514. The highest BCUT2D eigenvalue weighted by Gasteiger charge is 2.26. The van der Waals surface area contributed by atoms with Crippen LogP contribution in [0.3, 0.4) is 0 Å². The number of nitrogens with zero attached hydrogens (tertiary/aromatic N) is 2. The van der Waals surface area contributed by atoms with Gasteiger partial charge in [0.05, 0.1) is 17.4 Å². The Bertz CT molecular complexity index is 1290. The number of fused-ring (bicyclic) bond motifs is 2. The number of pyridine rings is 1. The summed E-state index contributed by atoms with van der Waals surface area (Å²) in [4.78, 5) is 31.2. The fourth-order valence-corrected chi connectivity index (χ4v) is 3.78. The molecular formula is C25H19N3O3. The van der Waals surface area contributed by atoms with Gasteiger partial charge in [0.15, 0.2) is 0 Å². The maximum absolute atomic E-state index is 12.8. The Hall–Kier alpha value is -4.19. The monoisotopic (exact) mass is 409 g/mol. The first-order valence-electron chi connectivity index (χ1n) is 10.0. The number of carbonyl (C=O) groups excluding carboxylic acids is 2. The maximum atomic E-state index is 12.8. The Morgan fingerprint density at radius 2 is 1.74 bits per heavy atom. The molecule has 6 heteroatoms. The number of hydrogen-bond acceptors (Lipinski definition) is 4. The smallest absolute Gasteiger partial charge is 0.410 e. The van der Waals surface area contributed by atoms with Crippen molar-refractivity contribution >= 4 is 34.3 Å². The minimum atomic E-state index is -0.591. The molecule has 2 amide bonds. The summed E-state index contributed by atoms with van der Waals surface area (Å²) in [6, 6.07) is 24.1. The van der Waals surface area contributed by atoms with Crippen molar-refractivity contribution in [2.75, 3.05) is 16.8 Å². The average Bonchev–Trinajstić information content (AvgIpc) is 3.22. The van der Waals surface area contributed by atoms with Crippen molar-refractivity contribution < 1.29 is 14.3 Å². The molecule has 1 aliphatic rings. The van der Waals surface area contributed by atoms with Gasteiger partial charge in [-0.3, -0.25) is 15.1 Å². The average molecular weight is 409 g/mol. The largest absolute Gasteiger partial charge is 0.417 e. The molecular weight excluding hydrogens is 390 g/mol. The standard InChI is InChI=1S/C25H19N3O3/c29-24(17-6-2-1-3-7-17)28-13-12-19-15-21(10-11-23(19)28)31-25(30)27-20-14-18-8-4-5-9-22(18)26-16-20/h1-11,14-16H,12-13H2,(H,27,30). The number of ether oxygens (including phenoxy) is 1. The van der Waals surface area contributed by atoms with Crippen molar-refractivity contribution in [1.82, 2.24) is 4.98 Å². The van der Waals surface area contributed by atoms with Gasteiger partial charge in [0.1, 0.15) is 5.75 Å². The molecule has 1 aromatic heterocycles. The lowest BCUT2D eigenvalue weighted by Gasteiger charge is -2.17. The van der Waals surface area contributed by atoms with E-state index in [-0.39, 0.29) is 5.91 Å². The first-order chi connectivity index (χ1) is 15.2. The summed E-state index contributed by atoms with van der Waals surface area (Å²) in [5, 5.41) is 3.64. The summed E-state index contributed by atoms with van der Waals surface area (Å²) in [6.07, 6.45) is 1.72. The van der Waals surface area contributed by atoms with E-state index in [2.05, 4.69) is 10.3 Å². The Morgan fingerprint density at radius 3 is 2.61 bits per heavy atom. The van der Waals surface area contributed by atoms with E-state index < -0.39 is 6.09 Å². The Morgan fingerprint density at radius 1 is 0.935 bits per heavy atom. The van der Waals surface area contributed by atoms with Crippen LogP contribution in [-0.4, -0.2) is 23.5 Å². The lowest BCUT2D eigenvalue weighted by atomic mass is 10.1. The lowest BCUT2D eigenvalue weighted by molar-refractivity contribution is 0.0989. The number of nitrogens with one attached hydrogen (secondary N) is 1.